The Morgan fingerprint density at radius 2 is 1.88 bits per heavy atom. The normalized spacial score (nSPS) is 18.2. The van der Waals surface area contributed by atoms with Gasteiger partial charge in [-0.05, 0) is 35.8 Å². The summed E-state index contributed by atoms with van der Waals surface area (Å²) in [6.45, 7) is -0.181. The Morgan fingerprint density at radius 1 is 1.12 bits per heavy atom. The lowest BCUT2D eigenvalue weighted by molar-refractivity contribution is -0.138. The van der Waals surface area contributed by atoms with Crippen LogP contribution in [0.25, 0.3) is 6.08 Å². The molecule has 0 aliphatic carbocycles. The number of sulfone groups is 1. The largest absolute Gasteiger partial charge is 0.461 e. The maximum Gasteiger partial charge on any atom is 0.330 e. The van der Waals surface area contributed by atoms with Crippen molar-refractivity contribution < 1.29 is 32.3 Å². The van der Waals surface area contributed by atoms with E-state index in [9.17, 15) is 27.6 Å². The molecule has 2 aromatic carbocycles. The first-order chi connectivity index (χ1) is 16.2. The molecule has 2 heterocycles. The average molecular weight is 483 g/mol. The number of benzene rings is 2. The van der Waals surface area contributed by atoms with E-state index in [0.29, 0.717) is 5.56 Å². The van der Waals surface area contributed by atoms with Gasteiger partial charge in [0.2, 0.25) is 11.8 Å². The minimum Gasteiger partial charge on any atom is -0.461 e. The highest BCUT2D eigenvalue weighted by atomic mass is 32.2. The number of ether oxygens (including phenoxy) is 1. The third-order valence-corrected chi connectivity index (χ3v) is 7.34. The Bertz CT molecular complexity index is 1290. The summed E-state index contributed by atoms with van der Waals surface area (Å²) in [5.74, 6) is -2.48. The molecule has 10 heteroatoms. The molecule has 2 aliphatic heterocycles. The van der Waals surface area contributed by atoms with E-state index in [1.54, 1.807) is 12.1 Å². The monoisotopic (exact) mass is 482 g/mol. The van der Waals surface area contributed by atoms with Gasteiger partial charge >= 0.3 is 5.97 Å². The Kier molecular flexibility index (Phi) is 6.60. The molecule has 34 heavy (non-hydrogen) atoms. The van der Waals surface area contributed by atoms with Crippen LogP contribution >= 0.6 is 0 Å². The highest BCUT2D eigenvalue weighted by Gasteiger charge is 2.39. The summed E-state index contributed by atoms with van der Waals surface area (Å²) < 4.78 is 30.5. The van der Waals surface area contributed by atoms with Crippen LogP contribution in [0.4, 0.5) is 0 Å². The van der Waals surface area contributed by atoms with Crippen molar-refractivity contribution in [2.24, 2.45) is 0 Å². The number of rotatable bonds is 7. The standard InChI is InChI=1S/C24H22N2O7S/c27-21-10-9-20(23(29)25-21)26-15-17-7-8-18(14-19(17)24(26)30)34(31,32)13-12-33-22(28)11-6-16-4-2-1-3-5-16/h1-8,11,14,20H,9-10,12-13,15H2,(H,25,27,29)/b11-6+. The number of fused-ring (bicyclic) bond motifs is 1. The highest BCUT2D eigenvalue weighted by molar-refractivity contribution is 7.91. The molecule has 1 N–H and O–H groups in total. The zero-order chi connectivity index (χ0) is 24.3. The number of carbonyl (C=O) groups is 4. The summed E-state index contributed by atoms with van der Waals surface area (Å²) in [6.07, 6.45) is 3.14. The molecule has 0 aromatic heterocycles. The summed E-state index contributed by atoms with van der Waals surface area (Å²) in [7, 11) is -3.82. The number of hydrogen-bond donors (Lipinski definition) is 1. The molecule has 0 bridgehead atoms. The molecular weight excluding hydrogens is 460 g/mol. The number of nitrogens with zero attached hydrogens (tertiary/aromatic N) is 1. The average Bonchev–Trinajstić information content (AvgIpc) is 3.14. The molecule has 9 nitrogen and oxygen atoms in total. The lowest BCUT2D eigenvalue weighted by Gasteiger charge is -2.29. The molecule has 1 unspecified atom stereocenters. The van der Waals surface area contributed by atoms with Crippen LogP contribution in [-0.4, -0.2) is 55.4 Å². The van der Waals surface area contributed by atoms with E-state index in [2.05, 4.69) is 5.32 Å². The second-order valence-electron chi connectivity index (χ2n) is 7.95. The zero-order valence-corrected chi connectivity index (χ0v) is 18.9. The molecule has 0 radical (unpaired) electrons. The SMILES string of the molecule is O=C1CCC(N2Cc3ccc(S(=O)(=O)CCOC(=O)/C=C/c4ccccc4)cc3C2=O)C(=O)N1. The number of piperidine rings is 1. The van der Waals surface area contributed by atoms with Gasteiger partial charge in [0.05, 0.1) is 10.6 Å². The second kappa shape index (κ2) is 9.60. The fourth-order valence-corrected chi connectivity index (χ4v) is 4.98. The van der Waals surface area contributed by atoms with Gasteiger partial charge in [-0.15, -0.1) is 0 Å². The van der Waals surface area contributed by atoms with Crippen molar-refractivity contribution in [2.75, 3.05) is 12.4 Å². The molecule has 1 fully saturated rings. The number of carbonyl (C=O) groups excluding carboxylic acids is 4. The summed E-state index contributed by atoms with van der Waals surface area (Å²) >= 11 is 0. The van der Waals surface area contributed by atoms with Crippen LogP contribution in [0, 0.1) is 0 Å². The van der Waals surface area contributed by atoms with Crippen molar-refractivity contribution in [1.82, 2.24) is 10.2 Å². The zero-order valence-electron chi connectivity index (χ0n) is 18.1. The predicted molar refractivity (Wildman–Crippen MR) is 121 cm³/mol. The minimum atomic E-state index is -3.82. The molecular formula is C24H22N2O7S. The summed E-state index contributed by atoms with van der Waals surface area (Å²) in [5, 5.41) is 2.23. The van der Waals surface area contributed by atoms with Crippen molar-refractivity contribution in [1.29, 1.82) is 0 Å². The van der Waals surface area contributed by atoms with Crippen LogP contribution in [0.1, 0.15) is 34.3 Å². The van der Waals surface area contributed by atoms with E-state index in [0.717, 1.165) is 5.56 Å². The Morgan fingerprint density at radius 3 is 2.62 bits per heavy atom. The Balaban J connectivity index is 1.38. The van der Waals surface area contributed by atoms with Crippen LogP contribution in [0.5, 0.6) is 0 Å². The van der Waals surface area contributed by atoms with Gasteiger partial charge < -0.3 is 9.64 Å². The second-order valence-corrected chi connectivity index (χ2v) is 10.1. The third-order valence-electron chi connectivity index (χ3n) is 5.67. The molecule has 2 aliphatic rings. The van der Waals surface area contributed by atoms with Gasteiger partial charge in [0, 0.05) is 24.6 Å². The molecule has 4 rings (SSSR count). The predicted octanol–water partition coefficient (Wildman–Crippen LogP) is 1.48. The number of nitrogens with one attached hydrogen (secondary N) is 1. The Hall–Kier alpha value is -3.79. The van der Waals surface area contributed by atoms with Crippen LogP contribution in [0.15, 0.2) is 59.5 Å². The van der Waals surface area contributed by atoms with Crippen molar-refractivity contribution in [2.45, 2.75) is 30.3 Å². The Labute approximate surface area is 196 Å². The minimum absolute atomic E-state index is 0.0689. The van der Waals surface area contributed by atoms with Gasteiger partial charge in [0.25, 0.3) is 5.91 Å². The third kappa shape index (κ3) is 5.07. The van der Waals surface area contributed by atoms with Crippen LogP contribution in [0.2, 0.25) is 0 Å². The first kappa shape index (κ1) is 23.4. The van der Waals surface area contributed by atoms with E-state index in [1.165, 1.54) is 23.1 Å². The molecule has 0 saturated carbocycles. The fraction of sp³-hybridized carbons (Fsp3) is 0.250. The van der Waals surface area contributed by atoms with E-state index in [-0.39, 0.29) is 42.4 Å². The lowest BCUT2D eigenvalue weighted by atomic mass is 10.0. The molecule has 3 amide bonds. The molecule has 176 valence electrons. The van der Waals surface area contributed by atoms with Gasteiger partial charge in [0.15, 0.2) is 9.84 Å². The van der Waals surface area contributed by atoms with E-state index >= 15 is 0 Å². The van der Waals surface area contributed by atoms with Crippen LogP contribution < -0.4 is 5.32 Å². The first-order valence-electron chi connectivity index (χ1n) is 10.6. The maximum absolute atomic E-state index is 12.9. The maximum atomic E-state index is 12.9. The number of esters is 1. The van der Waals surface area contributed by atoms with Gasteiger partial charge in [-0.1, -0.05) is 36.4 Å². The molecule has 2 aromatic rings. The first-order valence-corrected chi connectivity index (χ1v) is 12.3. The molecule has 1 atom stereocenters. The summed E-state index contributed by atoms with van der Waals surface area (Å²) in [5.41, 5.74) is 1.61. The number of imide groups is 1. The highest BCUT2D eigenvalue weighted by Crippen LogP contribution is 2.29. The topological polar surface area (TPSA) is 127 Å². The van der Waals surface area contributed by atoms with Crippen molar-refractivity contribution >= 4 is 39.6 Å². The van der Waals surface area contributed by atoms with Gasteiger partial charge in [-0.3, -0.25) is 19.7 Å². The van der Waals surface area contributed by atoms with E-state index in [1.807, 2.05) is 30.3 Å². The van der Waals surface area contributed by atoms with E-state index in [4.69, 9.17) is 4.74 Å². The fourth-order valence-electron chi connectivity index (χ4n) is 3.87. The van der Waals surface area contributed by atoms with Crippen molar-refractivity contribution in [3.63, 3.8) is 0 Å². The quantitative estimate of drug-likeness (QED) is 0.360. The van der Waals surface area contributed by atoms with Gasteiger partial charge in [-0.2, -0.15) is 0 Å². The van der Waals surface area contributed by atoms with Gasteiger partial charge in [0.1, 0.15) is 12.6 Å². The van der Waals surface area contributed by atoms with Gasteiger partial charge in [-0.25, -0.2) is 13.2 Å². The smallest absolute Gasteiger partial charge is 0.330 e. The number of amides is 3. The van der Waals surface area contributed by atoms with E-state index < -0.39 is 39.4 Å². The summed E-state index contributed by atoms with van der Waals surface area (Å²) in [4.78, 5) is 49.6. The van der Waals surface area contributed by atoms with Crippen LogP contribution in [0.3, 0.4) is 0 Å². The van der Waals surface area contributed by atoms with Crippen LogP contribution in [-0.2, 0) is 35.5 Å². The molecule has 0 spiro atoms. The van der Waals surface area contributed by atoms with Crippen molar-refractivity contribution in [3.05, 3.63) is 71.3 Å². The lowest BCUT2D eigenvalue weighted by Crippen LogP contribution is -2.52. The number of hydrogen-bond acceptors (Lipinski definition) is 7. The molecule has 1 saturated heterocycles. The van der Waals surface area contributed by atoms with Crippen molar-refractivity contribution in [3.8, 4) is 0 Å². The summed E-state index contributed by atoms with van der Waals surface area (Å²) in [6, 6.07) is 12.6.